The lowest BCUT2D eigenvalue weighted by molar-refractivity contribution is -0.122. The Kier molecular flexibility index (Phi) is 4.76. The maximum Gasteiger partial charge on any atom is 0.335 e. The number of nitrogens with zero attached hydrogens (tertiary/aromatic N) is 2. The summed E-state index contributed by atoms with van der Waals surface area (Å²) in [5.74, 6) is -1.31. The van der Waals surface area contributed by atoms with E-state index >= 15 is 0 Å². The summed E-state index contributed by atoms with van der Waals surface area (Å²) < 4.78 is 2.11. The highest BCUT2D eigenvalue weighted by molar-refractivity contribution is 6.39. The zero-order valence-electron chi connectivity index (χ0n) is 16.3. The number of fused-ring (bicyclic) bond motifs is 1. The van der Waals surface area contributed by atoms with Crippen molar-refractivity contribution in [3.63, 3.8) is 0 Å². The molecule has 0 atom stereocenters. The van der Waals surface area contributed by atoms with Gasteiger partial charge in [0, 0.05) is 29.2 Å². The number of urea groups is 1. The normalized spacial score (nSPS) is 16.0. The molecule has 1 fully saturated rings. The summed E-state index contributed by atoms with van der Waals surface area (Å²) in [5.41, 5.74) is 3.17. The van der Waals surface area contributed by atoms with Crippen molar-refractivity contribution in [2.45, 2.75) is 26.8 Å². The highest BCUT2D eigenvalue weighted by Crippen LogP contribution is 2.27. The predicted octanol–water partition coefficient (Wildman–Crippen LogP) is 4.03. The van der Waals surface area contributed by atoms with Crippen LogP contribution in [0.3, 0.4) is 0 Å². The van der Waals surface area contributed by atoms with Gasteiger partial charge >= 0.3 is 6.03 Å². The lowest BCUT2D eigenvalue weighted by Gasteiger charge is -2.26. The highest BCUT2D eigenvalue weighted by atomic mass is 16.2. The van der Waals surface area contributed by atoms with Gasteiger partial charge in [-0.15, -0.1) is 0 Å². The van der Waals surface area contributed by atoms with E-state index in [1.165, 1.54) is 0 Å². The molecule has 4 amide bonds. The molecule has 0 radical (unpaired) electrons. The number of nitrogens with one attached hydrogen (secondary N) is 1. The molecule has 29 heavy (non-hydrogen) atoms. The third-order valence-corrected chi connectivity index (χ3v) is 4.98. The molecule has 2 heterocycles. The molecular formula is C23H21N3O3. The first kappa shape index (κ1) is 18.7. The van der Waals surface area contributed by atoms with Gasteiger partial charge in [-0.2, -0.15) is 0 Å². The maximum atomic E-state index is 13.1. The number of carbonyl (C=O) groups is 3. The zero-order valence-corrected chi connectivity index (χ0v) is 16.3. The molecule has 1 aliphatic heterocycles. The largest absolute Gasteiger partial charge is 0.347 e. The monoisotopic (exact) mass is 387 g/mol. The van der Waals surface area contributed by atoms with E-state index in [-0.39, 0.29) is 5.57 Å². The van der Waals surface area contributed by atoms with Gasteiger partial charge in [0.05, 0.1) is 5.69 Å². The Morgan fingerprint density at radius 3 is 2.45 bits per heavy atom. The van der Waals surface area contributed by atoms with Gasteiger partial charge < -0.3 is 4.57 Å². The third kappa shape index (κ3) is 3.33. The van der Waals surface area contributed by atoms with Crippen molar-refractivity contribution in [3.05, 3.63) is 71.4 Å². The standard InChI is InChI=1S/C23H21N3O3/c1-3-12-25-14-16(18-6-4-5-7-20(18)25)13-19-21(27)24-23(29)26(22(19)28)17-10-8-15(2)9-11-17/h4-11,13-14H,3,12H2,1-2H3,(H,24,27,29). The maximum absolute atomic E-state index is 13.1. The fourth-order valence-corrected chi connectivity index (χ4v) is 3.56. The van der Waals surface area contributed by atoms with Crippen LogP contribution in [0.5, 0.6) is 0 Å². The Morgan fingerprint density at radius 2 is 1.72 bits per heavy atom. The number of imide groups is 2. The number of carbonyl (C=O) groups excluding carboxylic acids is 3. The summed E-state index contributed by atoms with van der Waals surface area (Å²) in [6.45, 7) is 4.84. The van der Waals surface area contributed by atoms with Crippen LogP contribution in [0.15, 0.2) is 60.3 Å². The topological polar surface area (TPSA) is 71.4 Å². The predicted molar refractivity (Wildman–Crippen MR) is 112 cm³/mol. The number of anilines is 1. The van der Waals surface area contributed by atoms with E-state index in [0.717, 1.165) is 39.9 Å². The number of hydrogen-bond acceptors (Lipinski definition) is 3. The second kappa shape index (κ2) is 7.39. The number of benzene rings is 2. The molecule has 0 bridgehead atoms. The van der Waals surface area contributed by atoms with E-state index in [1.54, 1.807) is 18.2 Å². The number of aromatic nitrogens is 1. The lowest BCUT2D eigenvalue weighted by Crippen LogP contribution is -2.54. The van der Waals surface area contributed by atoms with Crippen LogP contribution in [0, 0.1) is 6.92 Å². The first-order valence-electron chi connectivity index (χ1n) is 9.55. The van der Waals surface area contributed by atoms with Crippen LogP contribution in [0.1, 0.15) is 24.5 Å². The van der Waals surface area contributed by atoms with Gasteiger partial charge in [0.1, 0.15) is 5.57 Å². The number of aryl methyl sites for hydroxylation is 2. The fourth-order valence-electron chi connectivity index (χ4n) is 3.56. The molecule has 146 valence electrons. The zero-order chi connectivity index (χ0) is 20.5. The van der Waals surface area contributed by atoms with Crippen LogP contribution >= 0.6 is 0 Å². The average molecular weight is 387 g/mol. The van der Waals surface area contributed by atoms with Crippen LogP contribution in [-0.2, 0) is 16.1 Å². The molecule has 1 saturated heterocycles. The smallest absolute Gasteiger partial charge is 0.335 e. The van der Waals surface area contributed by atoms with Gasteiger partial charge in [-0.1, -0.05) is 42.8 Å². The molecule has 1 aromatic heterocycles. The van der Waals surface area contributed by atoms with E-state index in [4.69, 9.17) is 0 Å². The van der Waals surface area contributed by atoms with Crippen molar-refractivity contribution in [1.82, 2.24) is 9.88 Å². The summed E-state index contributed by atoms with van der Waals surface area (Å²) in [6, 6.07) is 14.1. The van der Waals surface area contributed by atoms with Crippen molar-refractivity contribution in [2.75, 3.05) is 4.90 Å². The number of para-hydroxylation sites is 1. The number of amides is 4. The van der Waals surface area contributed by atoms with Crippen LogP contribution in [0.25, 0.3) is 17.0 Å². The van der Waals surface area contributed by atoms with Gasteiger partial charge in [0.25, 0.3) is 11.8 Å². The quantitative estimate of drug-likeness (QED) is 0.543. The van der Waals surface area contributed by atoms with E-state index in [2.05, 4.69) is 16.8 Å². The summed E-state index contributed by atoms with van der Waals surface area (Å²) in [6.07, 6.45) is 4.47. The Morgan fingerprint density at radius 1 is 1.00 bits per heavy atom. The summed E-state index contributed by atoms with van der Waals surface area (Å²) in [7, 11) is 0. The van der Waals surface area contributed by atoms with Crippen LogP contribution < -0.4 is 10.2 Å². The molecule has 0 saturated carbocycles. The van der Waals surface area contributed by atoms with Gasteiger partial charge in [-0.25, -0.2) is 9.69 Å². The fraction of sp³-hybridized carbons (Fsp3) is 0.174. The average Bonchev–Trinajstić information content (AvgIpc) is 3.04. The van der Waals surface area contributed by atoms with Gasteiger partial charge in [0.2, 0.25) is 0 Å². The van der Waals surface area contributed by atoms with Crippen molar-refractivity contribution in [3.8, 4) is 0 Å². The minimum absolute atomic E-state index is 0.0652. The Labute approximate surface area is 168 Å². The van der Waals surface area contributed by atoms with Crippen molar-refractivity contribution in [1.29, 1.82) is 0 Å². The summed E-state index contributed by atoms with van der Waals surface area (Å²) in [4.78, 5) is 38.9. The lowest BCUT2D eigenvalue weighted by atomic mass is 10.1. The summed E-state index contributed by atoms with van der Waals surface area (Å²) >= 11 is 0. The number of hydrogen-bond donors (Lipinski definition) is 1. The molecule has 0 unspecified atom stereocenters. The molecular weight excluding hydrogens is 366 g/mol. The molecule has 1 N–H and O–H groups in total. The molecule has 6 nitrogen and oxygen atoms in total. The first-order valence-corrected chi connectivity index (χ1v) is 9.55. The van der Waals surface area contributed by atoms with Crippen molar-refractivity contribution in [2.24, 2.45) is 0 Å². The second-order valence-corrected chi connectivity index (χ2v) is 7.09. The second-order valence-electron chi connectivity index (χ2n) is 7.09. The number of rotatable bonds is 4. The van der Waals surface area contributed by atoms with Crippen LogP contribution in [-0.4, -0.2) is 22.4 Å². The van der Waals surface area contributed by atoms with Crippen LogP contribution in [0.4, 0.5) is 10.5 Å². The molecule has 2 aromatic carbocycles. The minimum atomic E-state index is -0.741. The highest BCUT2D eigenvalue weighted by Gasteiger charge is 2.36. The Balaban J connectivity index is 1.79. The van der Waals surface area contributed by atoms with Gasteiger partial charge in [0.15, 0.2) is 0 Å². The molecule has 0 aliphatic carbocycles. The van der Waals surface area contributed by atoms with Crippen molar-refractivity contribution >= 4 is 40.5 Å². The Hall–Kier alpha value is -3.67. The molecule has 4 rings (SSSR count). The van der Waals surface area contributed by atoms with Gasteiger partial charge in [-0.3, -0.25) is 14.9 Å². The number of barbiturate groups is 1. The van der Waals surface area contributed by atoms with Crippen molar-refractivity contribution < 1.29 is 14.4 Å². The van der Waals surface area contributed by atoms with E-state index in [0.29, 0.717) is 5.69 Å². The van der Waals surface area contributed by atoms with Gasteiger partial charge in [-0.05, 0) is 37.6 Å². The molecule has 1 aliphatic rings. The molecule has 6 heteroatoms. The molecule has 3 aromatic rings. The Bertz CT molecular complexity index is 1160. The SMILES string of the molecule is CCCn1cc(C=C2C(=O)NC(=O)N(c3ccc(C)cc3)C2=O)c2ccccc21. The van der Waals surface area contributed by atoms with E-state index < -0.39 is 17.8 Å². The van der Waals surface area contributed by atoms with E-state index in [9.17, 15) is 14.4 Å². The molecule has 0 spiro atoms. The van der Waals surface area contributed by atoms with E-state index in [1.807, 2.05) is 49.5 Å². The van der Waals surface area contributed by atoms with Crippen LogP contribution in [0.2, 0.25) is 0 Å². The third-order valence-electron chi connectivity index (χ3n) is 4.98. The minimum Gasteiger partial charge on any atom is -0.347 e. The summed E-state index contributed by atoms with van der Waals surface area (Å²) in [5, 5.41) is 3.23. The first-order chi connectivity index (χ1) is 14.0.